The van der Waals surface area contributed by atoms with Crippen LogP contribution in [0.2, 0.25) is 0 Å². The number of aromatic amines is 1. The van der Waals surface area contributed by atoms with Crippen molar-refractivity contribution in [2.45, 2.75) is 6.42 Å². The third kappa shape index (κ3) is 3.98. The molecule has 0 radical (unpaired) electrons. The third-order valence-corrected chi connectivity index (χ3v) is 3.75. The Balaban J connectivity index is 1.62. The zero-order valence-electron chi connectivity index (χ0n) is 13.2. The molecule has 120 valence electrons. The molecule has 0 aliphatic heterocycles. The van der Waals surface area contributed by atoms with Crippen LogP contribution < -0.4 is 10.9 Å². The summed E-state index contributed by atoms with van der Waals surface area (Å²) in [6, 6.07) is 19.3. The number of carbonyl (C=O) groups is 1. The van der Waals surface area contributed by atoms with E-state index in [0.29, 0.717) is 12.1 Å². The van der Waals surface area contributed by atoms with Crippen LogP contribution >= 0.6 is 0 Å². The van der Waals surface area contributed by atoms with Crippen LogP contribution in [-0.2, 0) is 11.2 Å². The molecule has 0 atom stereocenters. The lowest BCUT2D eigenvalue weighted by Gasteiger charge is -2.02. The Morgan fingerprint density at radius 1 is 1.04 bits per heavy atom. The van der Waals surface area contributed by atoms with E-state index in [4.69, 9.17) is 0 Å². The molecule has 2 N–H and O–H groups in total. The molecular formula is C20H18N2O2. The summed E-state index contributed by atoms with van der Waals surface area (Å²) in [7, 11) is 0. The number of carbonyl (C=O) groups excluding carboxylic acids is 1. The number of pyridine rings is 1. The molecule has 0 aliphatic carbocycles. The predicted molar refractivity (Wildman–Crippen MR) is 96.8 cm³/mol. The van der Waals surface area contributed by atoms with Crippen molar-refractivity contribution in [1.29, 1.82) is 0 Å². The van der Waals surface area contributed by atoms with Crippen molar-refractivity contribution >= 4 is 22.9 Å². The van der Waals surface area contributed by atoms with E-state index in [0.717, 1.165) is 17.3 Å². The number of rotatable bonds is 5. The Morgan fingerprint density at radius 2 is 1.79 bits per heavy atom. The van der Waals surface area contributed by atoms with Crippen LogP contribution in [0.3, 0.4) is 0 Å². The van der Waals surface area contributed by atoms with Crippen LogP contribution in [0.25, 0.3) is 17.0 Å². The Labute approximate surface area is 139 Å². The highest BCUT2D eigenvalue weighted by atomic mass is 16.1. The van der Waals surface area contributed by atoms with Crippen LogP contribution in [0.4, 0.5) is 0 Å². The summed E-state index contributed by atoms with van der Waals surface area (Å²) < 4.78 is 0. The molecule has 1 amide bonds. The lowest BCUT2D eigenvalue weighted by atomic mass is 10.1. The molecule has 0 saturated heterocycles. The van der Waals surface area contributed by atoms with Gasteiger partial charge in [0, 0.05) is 23.7 Å². The zero-order chi connectivity index (χ0) is 16.8. The van der Waals surface area contributed by atoms with Gasteiger partial charge in [-0.2, -0.15) is 0 Å². The SMILES string of the molecule is O=C(/C=C/c1cc2ccccc2[nH]c1=O)NCCc1ccccc1. The van der Waals surface area contributed by atoms with Crippen molar-refractivity contribution in [3.63, 3.8) is 0 Å². The van der Waals surface area contributed by atoms with E-state index in [9.17, 15) is 9.59 Å². The molecule has 3 aromatic rings. The topological polar surface area (TPSA) is 62.0 Å². The first kappa shape index (κ1) is 15.7. The maximum absolute atomic E-state index is 12.0. The molecule has 1 heterocycles. The first-order valence-corrected chi connectivity index (χ1v) is 7.84. The maximum Gasteiger partial charge on any atom is 0.255 e. The Bertz CT molecular complexity index is 927. The van der Waals surface area contributed by atoms with E-state index in [-0.39, 0.29) is 11.5 Å². The summed E-state index contributed by atoms with van der Waals surface area (Å²) in [4.78, 5) is 26.7. The number of benzene rings is 2. The molecule has 0 unspecified atom stereocenters. The predicted octanol–water partition coefficient (Wildman–Crippen LogP) is 2.90. The van der Waals surface area contributed by atoms with Crippen LogP contribution in [0.5, 0.6) is 0 Å². The molecule has 0 bridgehead atoms. The maximum atomic E-state index is 12.0. The second-order valence-electron chi connectivity index (χ2n) is 5.50. The standard InChI is InChI=1S/C20H18N2O2/c23-19(21-13-12-15-6-2-1-3-7-15)11-10-17-14-16-8-4-5-9-18(16)22-20(17)24/h1-11,14H,12-13H2,(H,21,23)(H,22,24)/b11-10+. The normalized spacial score (nSPS) is 11.0. The van der Waals surface area contributed by atoms with Gasteiger partial charge in [-0.3, -0.25) is 9.59 Å². The fraction of sp³-hybridized carbons (Fsp3) is 0.100. The van der Waals surface area contributed by atoms with Gasteiger partial charge in [0.1, 0.15) is 0 Å². The van der Waals surface area contributed by atoms with Crippen molar-refractivity contribution < 1.29 is 4.79 Å². The highest BCUT2D eigenvalue weighted by molar-refractivity contribution is 5.92. The quantitative estimate of drug-likeness (QED) is 0.711. The summed E-state index contributed by atoms with van der Waals surface area (Å²) in [6.45, 7) is 0.557. The van der Waals surface area contributed by atoms with Crippen molar-refractivity contribution in [3.05, 3.63) is 88.2 Å². The van der Waals surface area contributed by atoms with Gasteiger partial charge < -0.3 is 10.3 Å². The van der Waals surface area contributed by atoms with Crippen LogP contribution in [0.15, 0.2) is 71.5 Å². The molecule has 4 heteroatoms. The highest BCUT2D eigenvalue weighted by Crippen LogP contribution is 2.10. The minimum Gasteiger partial charge on any atom is -0.352 e. The fourth-order valence-corrected chi connectivity index (χ4v) is 2.49. The van der Waals surface area contributed by atoms with Gasteiger partial charge in [-0.25, -0.2) is 0 Å². The average Bonchev–Trinajstić information content (AvgIpc) is 2.61. The van der Waals surface area contributed by atoms with Crippen LogP contribution in [0, 0.1) is 0 Å². The minimum atomic E-state index is -0.210. The molecular weight excluding hydrogens is 300 g/mol. The second kappa shape index (κ2) is 7.42. The van der Waals surface area contributed by atoms with Gasteiger partial charge in [0.05, 0.1) is 0 Å². The van der Waals surface area contributed by atoms with E-state index in [1.54, 1.807) is 12.1 Å². The minimum absolute atomic E-state index is 0.206. The zero-order valence-corrected chi connectivity index (χ0v) is 13.2. The number of para-hydroxylation sites is 1. The van der Waals surface area contributed by atoms with Crippen LogP contribution in [0.1, 0.15) is 11.1 Å². The number of amides is 1. The van der Waals surface area contributed by atoms with Crippen molar-refractivity contribution in [1.82, 2.24) is 10.3 Å². The molecule has 0 saturated carbocycles. The second-order valence-corrected chi connectivity index (χ2v) is 5.50. The van der Waals surface area contributed by atoms with Gasteiger partial charge in [-0.15, -0.1) is 0 Å². The Kier molecular flexibility index (Phi) is 4.87. The van der Waals surface area contributed by atoms with Gasteiger partial charge in [0.25, 0.3) is 5.56 Å². The number of hydrogen-bond donors (Lipinski definition) is 2. The van der Waals surface area contributed by atoms with E-state index in [2.05, 4.69) is 10.3 Å². The molecule has 0 spiro atoms. The Morgan fingerprint density at radius 3 is 2.62 bits per heavy atom. The molecule has 24 heavy (non-hydrogen) atoms. The summed E-state index contributed by atoms with van der Waals surface area (Å²) in [5.41, 5.74) is 2.22. The number of hydrogen-bond acceptors (Lipinski definition) is 2. The van der Waals surface area contributed by atoms with Gasteiger partial charge in [0.15, 0.2) is 0 Å². The lowest BCUT2D eigenvalue weighted by molar-refractivity contribution is -0.116. The highest BCUT2D eigenvalue weighted by Gasteiger charge is 2.01. The summed E-state index contributed by atoms with van der Waals surface area (Å²) in [5.74, 6) is -0.210. The molecule has 2 aromatic carbocycles. The average molecular weight is 318 g/mol. The first-order valence-electron chi connectivity index (χ1n) is 7.84. The van der Waals surface area contributed by atoms with E-state index < -0.39 is 0 Å². The molecule has 3 rings (SSSR count). The number of aromatic nitrogens is 1. The van der Waals surface area contributed by atoms with Gasteiger partial charge in [-0.05, 0) is 35.6 Å². The van der Waals surface area contributed by atoms with Gasteiger partial charge >= 0.3 is 0 Å². The first-order chi connectivity index (χ1) is 11.7. The Hall–Kier alpha value is -3.14. The largest absolute Gasteiger partial charge is 0.352 e. The number of H-pyrrole nitrogens is 1. The lowest BCUT2D eigenvalue weighted by Crippen LogP contribution is -2.23. The smallest absolute Gasteiger partial charge is 0.255 e. The molecule has 0 aliphatic rings. The van der Waals surface area contributed by atoms with E-state index >= 15 is 0 Å². The van der Waals surface area contributed by atoms with Crippen molar-refractivity contribution in [2.24, 2.45) is 0 Å². The van der Waals surface area contributed by atoms with E-state index in [1.807, 2.05) is 54.6 Å². The van der Waals surface area contributed by atoms with Gasteiger partial charge in [0.2, 0.25) is 5.91 Å². The van der Waals surface area contributed by atoms with Crippen molar-refractivity contribution in [2.75, 3.05) is 6.54 Å². The van der Waals surface area contributed by atoms with Crippen molar-refractivity contribution in [3.8, 4) is 0 Å². The summed E-state index contributed by atoms with van der Waals surface area (Å²) in [6.07, 6.45) is 3.71. The monoisotopic (exact) mass is 318 g/mol. The third-order valence-electron chi connectivity index (χ3n) is 3.75. The van der Waals surface area contributed by atoms with Crippen LogP contribution in [-0.4, -0.2) is 17.4 Å². The van der Waals surface area contributed by atoms with Gasteiger partial charge in [-0.1, -0.05) is 48.5 Å². The summed E-state index contributed by atoms with van der Waals surface area (Å²) in [5, 5.41) is 3.75. The summed E-state index contributed by atoms with van der Waals surface area (Å²) >= 11 is 0. The molecule has 0 fully saturated rings. The number of fused-ring (bicyclic) bond motifs is 1. The van der Waals surface area contributed by atoms with E-state index in [1.165, 1.54) is 11.6 Å². The molecule has 4 nitrogen and oxygen atoms in total. The number of nitrogens with one attached hydrogen (secondary N) is 2. The fourth-order valence-electron chi connectivity index (χ4n) is 2.49. The molecule has 1 aromatic heterocycles.